The van der Waals surface area contributed by atoms with E-state index < -0.39 is 55.1 Å². The van der Waals surface area contributed by atoms with Gasteiger partial charge >= 0.3 is 0 Å². The summed E-state index contributed by atoms with van der Waals surface area (Å²) < 4.78 is 25.6. The molecule has 5 N–H and O–H groups in total. The zero-order valence-corrected chi connectivity index (χ0v) is 18.7. The van der Waals surface area contributed by atoms with Crippen LogP contribution in [0.3, 0.4) is 0 Å². The van der Waals surface area contributed by atoms with Crippen molar-refractivity contribution in [3.63, 3.8) is 0 Å². The summed E-state index contributed by atoms with van der Waals surface area (Å²) in [5.41, 5.74) is -1.65. The maximum Gasteiger partial charge on any atom is 0.242 e. The van der Waals surface area contributed by atoms with Crippen LogP contribution in [0.15, 0.2) is 53.4 Å². The van der Waals surface area contributed by atoms with Gasteiger partial charge in [-0.1, -0.05) is 0 Å². The summed E-state index contributed by atoms with van der Waals surface area (Å²) in [5.74, 6) is -2.88. The molecule has 11 nitrogen and oxygen atoms in total. The molecule has 0 fully saturated rings. The van der Waals surface area contributed by atoms with Gasteiger partial charge in [0.1, 0.15) is 17.1 Å². The number of carbonyl (C=O) groups is 2. The summed E-state index contributed by atoms with van der Waals surface area (Å²) in [6.07, 6.45) is 0. The van der Waals surface area contributed by atoms with Gasteiger partial charge in [-0.3, -0.25) is 9.59 Å². The van der Waals surface area contributed by atoms with Crippen LogP contribution in [-0.4, -0.2) is 53.8 Å². The topological polar surface area (TPSA) is 172 Å². The van der Waals surface area contributed by atoms with Crippen molar-refractivity contribution in [3.8, 4) is 11.5 Å². The molecule has 0 saturated carbocycles. The average molecular weight is 485 g/mol. The van der Waals surface area contributed by atoms with Gasteiger partial charge in [-0.25, -0.2) is 17.9 Å². The van der Waals surface area contributed by atoms with Crippen molar-refractivity contribution in [2.24, 2.45) is 0 Å². The normalized spacial score (nSPS) is 14.0. The Morgan fingerprint density at radius 1 is 0.824 bits per heavy atom. The molecule has 1 atom stereocenters. The van der Waals surface area contributed by atoms with Gasteiger partial charge in [0.25, 0.3) is 0 Å². The minimum absolute atomic E-state index is 0.0394. The van der Waals surface area contributed by atoms with Crippen LogP contribution >= 0.6 is 0 Å². The zero-order chi connectivity index (χ0) is 24.9. The fourth-order valence-electron chi connectivity index (χ4n) is 3.72. The number of rotatable bonds is 5. The van der Waals surface area contributed by atoms with Crippen molar-refractivity contribution in [3.05, 3.63) is 76.0 Å². The Labute approximate surface area is 193 Å². The van der Waals surface area contributed by atoms with E-state index in [9.17, 15) is 38.6 Å². The van der Waals surface area contributed by atoms with E-state index in [2.05, 4.69) is 5.32 Å². The number of anilines is 2. The third-order valence-corrected chi connectivity index (χ3v) is 7.25. The lowest BCUT2D eigenvalue weighted by molar-refractivity contribution is -0.991. The number of phenolic OH excluding ortho intramolecular Hbond substituents is 2. The van der Waals surface area contributed by atoms with Gasteiger partial charge in [0.15, 0.2) is 5.69 Å². The molecule has 0 heterocycles. The van der Waals surface area contributed by atoms with Gasteiger partial charge in [-0.2, -0.15) is 5.23 Å². The molecule has 3 aromatic rings. The van der Waals surface area contributed by atoms with Gasteiger partial charge in [0.2, 0.25) is 21.6 Å². The van der Waals surface area contributed by atoms with Gasteiger partial charge in [-0.05, 0) is 42.5 Å². The summed E-state index contributed by atoms with van der Waals surface area (Å²) in [6.45, 7) is 0. The largest absolute Gasteiger partial charge is 0.595 e. The summed E-state index contributed by atoms with van der Waals surface area (Å²) in [7, 11) is -0.865. The molecule has 0 bridgehead atoms. The van der Waals surface area contributed by atoms with Crippen molar-refractivity contribution in [1.82, 2.24) is 4.31 Å². The smallest absolute Gasteiger partial charge is 0.242 e. The van der Waals surface area contributed by atoms with E-state index in [1.807, 2.05) is 0 Å². The van der Waals surface area contributed by atoms with Crippen LogP contribution in [0.1, 0.15) is 31.8 Å². The van der Waals surface area contributed by atoms with Crippen LogP contribution in [0, 0.1) is 5.21 Å². The quantitative estimate of drug-likeness (QED) is 0.206. The van der Waals surface area contributed by atoms with E-state index in [-0.39, 0.29) is 21.7 Å². The second-order valence-corrected chi connectivity index (χ2v) is 9.82. The summed E-state index contributed by atoms with van der Waals surface area (Å²) >= 11 is 0. The van der Waals surface area contributed by atoms with Crippen LogP contribution in [0.2, 0.25) is 0 Å². The Morgan fingerprint density at radius 3 is 1.91 bits per heavy atom. The highest BCUT2D eigenvalue weighted by molar-refractivity contribution is 7.89. The highest BCUT2D eigenvalue weighted by Gasteiger charge is 2.39. The number of aromatic hydroxyl groups is 2. The highest BCUT2D eigenvalue weighted by Crippen LogP contribution is 2.42. The lowest BCUT2D eigenvalue weighted by atomic mass is 9.81. The highest BCUT2D eigenvalue weighted by atomic mass is 32.2. The number of carbonyl (C=O) groups excluding carboxylic acids is 2. The van der Waals surface area contributed by atoms with Gasteiger partial charge in [-0.15, -0.1) is 0 Å². The van der Waals surface area contributed by atoms with E-state index in [4.69, 9.17) is 0 Å². The van der Waals surface area contributed by atoms with Crippen molar-refractivity contribution in [1.29, 1.82) is 0 Å². The minimum Gasteiger partial charge on any atom is -0.595 e. The molecule has 0 aliphatic heterocycles. The molecule has 1 aliphatic carbocycles. The summed E-state index contributed by atoms with van der Waals surface area (Å²) in [5, 5.41) is 43.2. The third kappa shape index (κ3) is 3.59. The molecular weight excluding hydrogens is 466 g/mol. The first kappa shape index (κ1) is 23.4. The van der Waals surface area contributed by atoms with Crippen LogP contribution in [-0.2, 0) is 10.0 Å². The number of quaternary nitrogens is 1. The first-order valence-electron chi connectivity index (χ1n) is 9.79. The molecule has 3 aromatic carbocycles. The van der Waals surface area contributed by atoms with Crippen molar-refractivity contribution in [2.45, 2.75) is 4.90 Å². The van der Waals surface area contributed by atoms with E-state index in [0.29, 0.717) is 5.69 Å². The molecule has 4 rings (SSSR count). The molecule has 176 valence electrons. The number of nitrogens with one attached hydrogen (secondary N) is 2. The Bertz CT molecular complexity index is 1450. The molecule has 0 aromatic heterocycles. The standard InChI is InChI=1S/C22H19N3O8S/c1-24(2)34(32,33)12-5-3-11(4-6-12)23-13-7-9-15(26)19-17(13)21(28)18-14(25(30)31)8-10-16(27)20(18)22(19)29/h3-10,23,25-27,30H,1-2H3. The van der Waals surface area contributed by atoms with Gasteiger partial charge in [0, 0.05) is 25.8 Å². The van der Waals surface area contributed by atoms with E-state index in [0.717, 1.165) is 16.4 Å². The number of ketones is 2. The number of benzene rings is 3. The van der Waals surface area contributed by atoms with Crippen molar-refractivity contribution >= 4 is 38.7 Å². The molecule has 0 spiro atoms. The number of sulfonamides is 1. The number of nitrogens with zero attached hydrogens (tertiary/aromatic N) is 1. The molecule has 12 heteroatoms. The Kier molecular flexibility index (Phi) is 5.63. The number of phenols is 2. The minimum atomic E-state index is -3.66. The van der Waals surface area contributed by atoms with Crippen LogP contribution < -0.4 is 10.5 Å². The fourth-order valence-corrected chi connectivity index (χ4v) is 4.63. The molecule has 1 unspecified atom stereocenters. The van der Waals surface area contributed by atoms with Crippen molar-refractivity contribution in [2.75, 3.05) is 19.4 Å². The van der Waals surface area contributed by atoms with E-state index in [1.54, 1.807) is 0 Å². The monoisotopic (exact) mass is 485 g/mol. The second kappa shape index (κ2) is 8.20. The van der Waals surface area contributed by atoms with Crippen molar-refractivity contribution < 1.29 is 38.7 Å². The van der Waals surface area contributed by atoms with Crippen LogP contribution in [0.25, 0.3) is 0 Å². The average Bonchev–Trinajstić information content (AvgIpc) is 2.78. The molecule has 0 saturated heterocycles. The Balaban J connectivity index is 1.83. The SMILES string of the molecule is CN(C)S(=O)(=O)c1ccc(Nc2ccc(O)c3c2C(=O)c2c([NH+]([O-])O)ccc(O)c2C3=O)cc1. The Morgan fingerprint density at radius 2 is 1.35 bits per heavy atom. The predicted octanol–water partition coefficient (Wildman–Crippen LogP) is 1.27. The number of hydrogen-bond donors (Lipinski definition) is 5. The first-order chi connectivity index (χ1) is 15.9. The zero-order valence-electron chi connectivity index (χ0n) is 17.9. The Hall–Kier alpha value is -3.81. The maximum atomic E-state index is 13.4. The summed E-state index contributed by atoms with van der Waals surface area (Å²) in [4.78, 5) is 26.6. The predicted molar refractivity (Wildman–Crippen MR) is 119 cm³/mol. The van der Waals surface area contributed by atoms with Crippen LogP contribution in [0.5, 0.6) is 11.5 Å². The number of hydrogen-bond acceptors (Lipinski definition) is 9. The molecule has 0 radical (unpaired) electrons. The first-order valence-corrected chi connectivity index (χ1v) is 11.2. The summed E-state index contributed by atoms with van der Waals surface area (Å²) in [6, 6.07) is 10.1. The fraction of sp³-hybridized carbons (Fsp3) is 0.0909. The number of fused-ring (bicyclic) bond motifs is 2. The molecule has 34 heavy (non-hydrogen) atoms. The molecule has 0 amide bonds. The lowest BCUT2D eigenvalue weighted by Crippen LogP contribution is -2.99. The second-order valence-electron chi connectivity index (χ2n) is 7.66. The van der Waals surface area contributed by atoms with Crippen LogP contribution in [0.4, 0.5) is 17.1 Å². The van der Waals surface area contributed by atoms with E-state index >= 15 is 0 Å². The van der Waals surface area contributed by atoms with Gasteiger partial charge in [0.05, 0.1) is 27.3 Å². The molecular formula is C22H19N3O8S. The molecule has 1 aliphatic rings. The van der Waals surface area contributed by atoms with E-state index in [1.165, 1.54) is 50.5 Å². The third-order valence-electron chi connectivity index (χ3n) is 5.42. The maximum absolute atomic E-state index is 13.4. The lowest BCUT2D eigenvalue weighted by Gasteiger charge is -2.25. The van der Waals surface area contributed by atoms with Gasteiger partial charge < -0.3 is 20.7 Å².